The fraction of sp³-hybridized carbons (Fsp3) is 0.692. The van der Waals surface area contributed by atoms with E-state index in [0.29, 0.717) is 30.6 Å². The van der Waals surface area contributed by atoms with Gasteiger partial charge < -0.3 is 5.73 Å². The van der Waals surface area contributed by atoms with Crippen LogP contribution in [0.4, 0.5) is 5.95 Å². The lowest BCUT2D eigenvalue weighted by molar-refractivity contribution is 0.506. The van der Waals surface area contributed by atoms with Crippen molar-refractivity contribution >= 4 is 18.6 Å². The Balaban J connectivity index is 3.40. The van der Waals surface area contributed by atoms with Crippen molar-refractivity contribution < 1.29 is 0 Å². The summed E-state index contributed by atoms with van der Waals surface area (Å²) >= 11 is 4.27. The average Bonchev–Trinajstić information content (AvgIpc) is 2.32. The van der Waals surface area contributed by atoms with Gasteiger partial charge in [0, 0.05) is 18.0 Å². The molecule has 2 N–H and O–H groups in total. The van der Waals surface area contributed by atoms with Crippen molar-refractivity contribution in [3.8, 4) is 0 Å². The third-order valence-corrected chi connectivity index (χ3v) is 3.51. The Labute approximate surface area is 114 Å². The SMILES string of the molecule is CCc1c(C(C)CS)nc(N)n(CC(C)C)c1=O. The minimum atomic E-state index is 0.00216. The Kier molecular flexibility index (Phi) is 5.26. The zero-order chi connectivity index (χ0) is 13.9. The molecule has 1 unspecified atom stereocenters. The molecule has 1 aromatic rings. The highest BCUT2D eigenvalue weighted by Crippen LogP contribution is 2.18. The molecular formula is C13H23N3OS. The van der Waals surface area contributed by atoms with Crippen molar-refractivity contribution in [2.24, 2.45) is 5.92 Å². The van der Waals surface area contributed by atoms with Crippen molar-refractivity contribution in [3.63, 3.8) is 0 Å². The molecule has 0 fully saturated rings. The topological polar surface area (TPSA) is 60.9 Å². The normalized spacial score (nSPS) is 13.0. The second kappa shape index (κ2) is 6.27. The van der Waals surface area contributed by atoms with Gasteiger partial charge in [-0.2, -0.15) is 12.6 Å². The first-order valence-corrected chi connectivity index (χ1v) is 7.05. The summed E-state index contributed by atoms with van der Waals surface area (Å²) in [5, 5.41) is 0. The smallest absolute Gasteiger partial charge is 0.258 e. The number of hydrogen-bond acceptors (Lipinski definition) is 4. The standard InChI is InChI=1S/C13H23N3OS/c1-5-10-11(9(4)7-18)15-13(14)16(12(10)17)6-8(2)3/h8-9,18H,5-7H2,1-4H3,(H2,14,15). The molecule has 4 nitrogen and oxygen atoms in total. The third-order valence-electron chi connectivity index (χ3n) is 2.97. The number of nitrogens with two attached hydrogens (primary N) is 1. The molecule has 0 spiro atoms. The first-order chi connectivity index (χ1) is 8.42. The number of rotatable bonds is 5. The molecule has 0 aromatic carbocycles. The van der Waals surface area contributed by atoms with E-state index in [-0.39, 0.29) is 11.5 Å². The minimum Gasteiger partial charge on any atom is -0.369 e. The van der Waals surface area contributed by atoms with Gasteiger partial charge in [0.15, 0.2) is 0 Å². The Hall–Kier alpha value is -0.970. The van der Waals surface area contributed by atoms with Crippen LogP contribution in [-0.4, -0.2) is 15.3 Å². The van der Waals surface area contributed by atoms with Crippen LogP contribution < -0.4 is 11.3 Å². The molecule has 0 amide bonds. The highest BCUT2D eigenvalue weighted by atomic mass is 32.1. The summed E-state index contributed by atoms with van der Waals surface area (Å²) in [7, 11) is 0. The highest BCUT2D eigenvalue weighted by Gasteiger charge is 2.18. The summed E-state index contributed by atoms with van der Waals surface area (Å²) in [4.78, 5) is 16.8. The molecule has 1 heterocycles. The molecule has 0 saturated heterocycles. The number of hydrogen-bond donors (Lipinski definition) is 2. The van der Waals surface area contributed by atoms with E-state index >= 15 is 0 Å². The zero-order valence-corrected chi connectivity index (χ0v) is 12.5. The van der Waals surface area contributed by atoms with Gasteiger partial charge in [-0.25, -0.2) is 4.98 Å². The second-order valence-electron chi connectivity index (χ2n) is 5.08. The first kappa shape index (κ1) is 15.1. The number of aromatic nitrogens is 2. The maximum atomic E-state index is 12.4. The Morgan fingerprint density at radius 3 is 2.44 bits per heavy atom. The van der Waals surface area contributed by atoms with Crippen molar-refractivity contribution in [2.45, 2.75) is 46.6 Å². The molecule has 1 aromatic heterocycles. The average molecular weight is 269 g/mol. The molecule has 5 heteroatoms. The predicted molar refractivity (Wildman–Crippen MR) is 79.4 cm³/mol. The van der Waals surface area contributed by atoms with Crippen LogP contribution in [0.2, 0.25) is 0 Å². The van der Waals surface area contributed by atoms with Gasteiger partial charge in [-0.3, -0.25) is 9.36 Å². The lowest BCUT2D eigenvalue weighted by atomic mass is 10.0. The van der Waals surface area contributed by atoms with E-state index in [1.807, 2.05) is 13.8 Å². The Morgan fingerprint density at radius 1 is 1.39 bits per heavy atom. The van der Waals surface area contributed by atoms with Crippen LogP contribution in [0.3, 0.4) is 0 Å². The number of thiol groups is 1. The lowest BCUT2D eigenvalue weighted by Crippen LogP contribution is -2.31. The number of nitrogens with zero attached hydrogens (tertiary/aromatic N) is 2. The zero-order valence-electron chi connectivity index (χ0n) is 11.6. The van der Waals surface area contributed by atoms with Crippen LogP contribution in [0.15, 0.2) is 4.79 Å². The van der Waals surface area contributed by atoms with Crippen LogP contribution in [0.25, 0.3) is 0 Å². The van der Waals surface area contributed by atoms with E-state index < -0.39 is 0 Å². The van der Waals surface area contributed by atoms with Gasteiger partial charge in [0.1, 0.15) is 0 Å². The van der Waals surface area contributed by atoms with Crippen molar-refractivity contribution in [1.29, 1.82) is 0 Å². The van der Waals surface area contributed by atoms with Gasteiger partial charge in [0.25, 0.3) is 5.56 Å². The minimum absolute atomic E-state index is 0.00216. The maximum Gasteiger partial charge on any atom is 0.258 e. The number of anilines is 1. The van der Waals surface area contributed by atoms with E-state index in [1.165, 1.54) is 0 Å². The first-order valence-electron chi connectivity index (χ1n) is 6.42. The van der Waals surface area contributed by atoms with Crippen LogP contribution >= 0.6 is 12.6 Å². The molecular weight excluding hydrogens is 246 g/mol. The summed E-state index contributed by atoms with van der Waals surface area (Å²) in [6.07, 6.45) is 0.678. The van der Waals surface area contributed by atoms with Crippen molar-refractivity contribution in [3.05, 3.63) is 21.6 Å². The lowest BCUT2D eigenvalue weighted by Gasteiger charge is -2.18. The second-order valence-corrected chi connectivity index (χ2v) is 5.45. The molecule has 0 aliphatic heterocycles. The van der Waals surface area contributed by atoms with E-state index in [9.17, 15) is 4.79 Å². The molecule has 1 atom stereocenters. The molecule has 0 saturated carbocycles. The number of nitrogen functional groups attached to an aromatic ring is 1. The molecule has 0 bridgehead atoms. The van der Waals surface area contributed by atoms with Crippen molar-refractivity contribution in [2.75, 3.05) is 11.5 Å². The summed E-state index contributed by atoms with van der Waals surface area (Å²) in [5.41, 5.74) is 7.49. The van der Waals surface area contributed by atoms with E-state index in [4.69, 9.17) is 5.73 Å². The van der Waals surface area contributed by atoms with Crippen LogP contribution in [-0.2, 0) is 13.0 Å². The quantitative estimate of drug-likeness (QED) is 0.805. The van der Waals surface area contributed by atoms with Gasteiger partial charge in [0.05, 0.1) is 5.69 Å². The van der Waals surface area contributed by atoms with Gasteiger partial charge in [-0.05, 0) is 18.1 Å². The maximum absolute atomic E-state index is 12.4. The molecule has 0 aliphatic rings. The fourth-order valence-electron chi connectivity index (χ4n) is 2.00. The summed E-state index contributed by atoms with van der Waals surface area (Å²) in [5.74, 6) is 1.48. The van der Waals surface area contributed by atoms with Gasteiger partial charge in [-0.1, -0.05) is 27.7 Å². The van der Waals surface area contributed by atoms with Crippen LogP contribution in [0, 0.1) is 5.92 Å². The van der Waals surface area contributed by atoms with Crippen LogP contribution in [0.5, 0.6) is 0 Å². The predicted octanol–water partition coefficient (Wildman–Crippen LogP) is 2.08. The van der Waals surface area contributed by atoms with Gasteiger partial charge in [-0.15, -0.1) is 0 Å². The van der Waals surface area contributed by atoms with Gasteiger partial charge in [0.2, 0.25) is 5.95 Å². The largest absolute Gasteiger partial charge is 0.369 e. The summed E-state index contributed by atoms with van der Waals surface area (Å²) in [6, 6.07) is 0. The highest BCUT2D eigenvalue weighted by molar-refractivity contribution is 7.80. The van der Waals surface area contributed by atoms with E-state index in [2.05, 4.69) is 31.5 Å². The van der Waals surface area contributed by atoms with E-state index in [1.54, 1.807) is 4.57 Å². The molecule has 18 heavy (non-hydrogen) atoms. The van der Waals surface area contributed by atoms with Crippen molar-refractivity contribution in [1.82, 2.24) is 9.55 Å². The third kappa shape index (κ3) is 3.07. The Bertz CT molecular complexity index is 468. The molecule has 1 rings (SSSR count). The molecule has 102 valence electrons. The Morgan fingerprint density at radius 2 is 2.00 bits per heavy atom. The molecule has 0 aliphatic carbocycles. The van der Waals surface area contributed by atoms with E-state index in [0.717, 1.165) is 11.3 Å². The monoisotopic (exact) mass is 269 g/mol. The van der Waals surface area contributed by atoms with Gasteiger partial charge >= 0.3 is 0 Å². The summed E-state index contributed by atoms with van der Waals surface area (Å²) in [6.45, 7) is 8.72. The van der Waals surface area contributed by atoms with Crippen LogP contribution in [0.1, 0.15) is 44.9 Å². The summed E-state index contributed by atoms with van der Waals surface area (Å²) < 4.78 is 1.58. The fourth-order valence-corrected chi connectivity index (χ4v) is 2.17. The molecule has 0 radical (unpaired) electrons.